The van der Waals surface area contributed by atoms with E-state index in [1.807, 2.05) is 12.1 Å². The van der Waals surface area contributed by atoms with E-state index in [4.69, 9.17) is 0 Å². The number of fused-ring (bicyclic) bond motifs is 1. The molecule has 0 saturated heterocycles. The van der Waals surface area contributed by atoms with Gasteiger partial charge in [-0.15, -0.1) is 0 Å². The van der Waals surface area contributed by atoms with Crippen molar-refractivity contribution in [1.82, 2.24) is 5.01 Å². The average molecular weight is 359 g/mol. The number of hydrogen-bond acceptors (Lipinski definition) is 5. The molecule has 134 valence electrons. The number of aliphatic imine (C=N–C) groups is 1. The van der Waals surface area contributed by atoms with Gasteiger partial charge in [-0.2, -0.15) is 10.1 Å². The van der Waals surface area contributed by atoms with Crippen molar-refractivity contribution in [1.29, 1.82) is 0 Å². The molecule has 6 heteroatoms. The van der Waals surface area contributed by atoms with E-state index in [1.54, 1.807) is 5.01 Å². The van der Waals surface area contributed by atoms with Crippen molar-refractivity contribution in [3.63, 3.8) is 0 Å². The number of nitrogens with zero attached hydrogens (tertiary/aromatic N) is 3. The molecule has 1 amide bonds. The minimum absolute atomic E-state index is 0.149. The van der Waals surface area contributed by atoms with Gasteiger partial charge in [0.2, 0.25) is 0 Å². The van der Waals surface area contributed by atoms with Gasteiger partial charge in [0, 0.05) is 16.9 Å². The van der Waals surface area contributed by atoms with Gasteiger partial charge in [-0.25, -0.2) is 5.01 Å². The third kappa shape index (κ3) is 3.45. The Morgan fingerprint density at radius 2 is 1.64 bits per heavy atom. The van der Waals surface area contributed by atoms with Gasteiger partial charge in [-0.3, -0.25) is 4.79 Å². The number of thioether (sulfide) groups is 1. The molecule has 5 nitrogen and oxygen atoms in total. The van der Waals surface area contributed by atoms with Gasteiger partial charge in [0.25, 0.3) is 5.91 Å². The Labute approximate surface area is 153 Å². The van der Waals surface area contributed by atoms with Gasteiger partial charge < -0.3 is 5.11 Å². The van der Waals surface area contributed by atoms with Crippen LogP contribution in [0.4, 0.5) is 0 Å². The Hall–Kier alpha value is -1.82. The highest BCUT2D eigenvalue weighted by atomic mass is 32.2. The molecule has 2 aliphatic rings. The fraction of sp³-hybridized carbons (Fsp3) is 0.526. The maximum absolute atomic E-state index is 11.5. The number of phenolic OH excluding ortho intramolecular Hbond substituents is 1. The molecular formula is C19H25N3O2S. The number of hydrogen-bond donors (Lipinski definition) is 1. The quantitative estimate of drug-likeness (QED) is 0.831. The van der Waals surface area contributed by atoms with Crippen molar-refractivity contribution in [2.75, 3.05) is 12.3 Å². The van der Waals surface area contributed by atoms with Crippen molar-refractivity contribution in [2.24, 2.45) is 10.1 Å². The van der Waals surface area contributed by atoms with E-state index < -0.39 is 0 Å². The number of hydrazone groups is 1. The molecule has 0 atom stereocenters. The van der Waals surface area contributed by atoms with E-state index >= 15 is 0 Å². The van der Waals surface area contributed by atoms with E-state index in [1.165, 1.54) is 11.8 Å². The summed E-state index contributed by atoms with van der Waals surface area (Å²) >= 11 is 1.53. The monoisotopic (exact) mass is 359 g/mol. The topological polar surface area (TPSA) is 65.3 Å². The highest BCUT2D eigenvalue weighted by Crippen LogP contribution is 2.40. The zero-order chi connectivity index (χ0) is 18.6. The maximum atomic E-state index is 11.5. The Bertz CT molecular complexity index is 763. The van der Waals surface area contributed by atoms with Crippen LogP contribution < -0.4 is 0 Å². The minimum Gasteiger partial charge on any atom is -0.507 e. The van der Waals surface area contributed by atoms with Crippen LogP contribution in [0.3, 0.4) is 0 Å². The Kier molecular flexibility index (Phi) is 4.22. The van der Waals surface area contributed by atoms with E-state index in [-0.39, 0.29) is 23.3 Å². The summed E-state index contributed by atoms with van der Waals surface area (Å²) in [5.41, 5.74) is 3.38. The molecule has 0 saturated carbocycles. The van der Waals surface area contributed by atoms with Gasteiger partial charge in [0.15, 0.2) is 5.17 Å². The highest BCUT2D eigenvalue weighted by Gasteiger charge is 2.31. The number of phenols is 1. The van der Waals surface area contributed by atoms with Crippen LogP contribution in [-0.2, 0) is 15.6 Å². The first-order valence-electron chi connectivity index (χ1n) is 8.44. The number of benzene rings is 1. The second kappa shape index (κ2) is 5.87. The van der Waals surface area contributed by atoms with Crippen LogP contribution in [0.2, 0.25) is 0 Å². The second-order valence-electron chi connectivity index (χ2n) is 8.60. The van der Waals surface area contributed by atoms with Crippen LogP contribution in [0.25, 0.3) is 0 Å². The summed E-state index contributed by atoms with van der Waals surface area (Å²) < 4.78 is 0. The summed E-state index contributed by atoms with van der Waals surface area (Å²) in [6.45, 7) is 12.8. The zero-order valence-corrected chi connectivity index (χ0v) is 16.5. The summed E-state index contributed by atoms with van der Waals surface area (Å²) in [6, 6.07) is 4.06. The zero-order valence-electron chi connectivity index (χ0n) is 15.7. The summed E-state index contributed by atoms with van der Waals surface area (Å²) in [4.78, 5) is 15.5. The Morgan fingerprint density at radius 1 is 1.08 bits per heavy atom. The van der Waals surface area contributed by atoms with Gasteiger partial charge >= 0.3 is 0 Å². The number of aromatic hydroxyl groups is 1. The third-order valence-corrected chi connectivity index (χ3v) is 5.34. The molecule has 0 radical (unpaired) electrons. The second-order valence-corrected chi connectivity index (χ2v) is 9.54. The molecule has 0 spiro atoms. The van der Waals surface area contributed by atoms with Gasteiger partial charge in [0.1, 0.15) is 12.3 Å². The van der Waals surface area contributed by atoms with Crippen molar-refractivity contribution in [3.8, 4) is 5.75 Å². The summed E-state index contributed by atoms with van der Waals surface area (Å²) in [5.74, 6) is 0.885. The van der Waals surface area contributed by atoms with Crippen LogP contribution in [0, 0.1) is 0 Å². The van der Waals surface area contributed by atoms with Gasteiger partial charge in [-0.1, -0.05) is 53.3 Å². The summed E-state index contributed by atoms with van der Waals surface area (Å²) in [7, 11) is 0. The highest BCUT2D eigenvalue weighted by molar-refractivity contribution is 8.14. The average Bonchev–Trinajstić information content (AvgIpc) is 2.84. The minimum atomic E-state index is -0.182. The maximum Gasteiger partial charge on any atom is 0.269 e. The number of amides is 1. The molecule has 1 aromatic rings. The lowest BCUT2D eigenvalue weighted by Crippen LogP contribution is -2.29. The van der Waals surface area contributed by atoms with Crippen molar-refractivity contribution in [2.45, 2.75) is 52.4 Å². The van der Waals surface area contributed by atoms with Crippen molar-refractivity contribution in [3.05, 3.63) is 28.8 Å². The molecule has 3 rings (SSSR count). The molecule has 1 N–H and O–H groups in total. The summed E-state index contributed by atoms with van der Waals surface area (Å²) in [5, 5.41) is 17.8. The molecule has 1 aromatic carbocycles. The first-order valence-corrected chi connectivity index (χ1v) is 9.43. The first-order chi connectivity index (χ1) is 11.5. The smallest absolute Gasteiger partial charge is 0.269 e. The number of amidine groups is 1. The van der Waals surface area contributed by atoms with E-state index in [2.05, 4.69) is 51.6 Å². The standard InChI is InChI=1S/C19H25N3O2S/c1-18(2,3)12-7-11(8-13(16(12)24)19(4,5)6)14-10-25-17-20-15(23)9-22(17)21-14/h7-8,24H,9-10H2,1-6H3. The van der Waals surface area contributed by atoms with Crippen molar-refractivity contribution < 1.29 is 9.90 Å². The normalized spacial score (nSPS) is 18.2. The number of carbonyl (C=O) groups is 1. The SMILES string of the molecule is CC(C)(C)c1cc(C2=NN3CC(=O)N=C3SC2)cc(C(C)(C)C)c1O. The molecule has 0 fully saturated rings. The van der Waals surface area contributed by atoms with Gasteiger partial charge in [-0.05, 0) is 28.5 Å². The first kappa shape index (κ1) is 18.0. The Morgan fingerprint density at radius 3 is 2.16 bits per heavy atom. The predicted octanol–water partition coefficient (Wildman–Crippen LogP) is 3.64. The van der Waals surface area contributed by atoms with Crippen LogP contribution in [0.5, 0.6) is 5.75 Å². The lowest BCUT2D eigenvalue weighted by atomic mass is 9.78. The molecule has 25 heavy (non-hydrogen) atoms. The molecule has 0 aliphatic carbocycles. The lowest BCUT2D eigenvalue weighted by Gasteiger charge is -2.29. The largest absolute Gasteiger partial charge is 0.507 e. The predicted molar refractivity (Wildman–Crippen MR) is 104 cm³/mol. The molecular weight excluding hydrogens is 334 g/mol. The number of rotatable bonds is 1. The molecule has 2 aliphatic heterocycles. The lowest BCUT2D eigenvalue weighted by molar-refractivity contribution is -0.117. The van der Waals surface area contributed by atoms with E-state index in [0.717, 1.165) is 22.4 Å². The molecule has 0 unspecified atom stereocenters. The molecule has 2 heterocycles. The van der Waals surface area contributed by atoms with Crippen LogP contribution in [0.1, 0.15) is 58.2 Å². The van der Waals surface area contributed by atoms with Gasteiger partial charge in [0.05, 0.1) is 5.71 Å². The molecule has 0 bridgehead atoms. The fourth-order valence-corrected chi connectivity index (χ4v) is 3.88. The van der Waals surface area contributed by atoms with E-state index in [9.17, 15) is 9.90 Å². The fourth-order valence-electron chi connectivity index (χ4n) is 2.97. The Balaban J connectivity index is 2.13. The molecule has 0 aromatic heterocycles. The van der Waals surface area contributed by atoms with Crippen LogP contribution in [0.15, 0.2) is 22.2 Å². The van der Waals surface area contributed by atoms with E-state index in [0.29, 0.717) is 16.7 Å². The van der Waals surface area contributed by atoms with Crippen molar-refractivity contribution >= 4 is 28.5 Å². The van der Waals surface area contributed by atoms with Crippen LogP contribution in [-0.4, -0.2) is 39.2 Å². The number of carbonyl (C=O) groups excluding carboxylic acids is 1. The van der Waals surface area contributed by atoms with Crippen LogP contribution >= 0.6 is 11.8 Å². The summed E-state index contributed by atoms with van der Waals surface area (Å²) in [6.07, 6.45) is 0. The third-order valence-electron chi connectivity index (χ3n) is 4.36.